The van der Waals surface area contributed by atoms with E-state index in [9.17, 15) is 4.79 Å². The highest BCUT2D eigenvalue weighted by Crippen LogP contribution is 2.23. The number of aromatic nitrogens is 3. The molecule has 1 N–H and O–H groups in total. The van der Waals surface area contributed by atoms with Crippen LogP contribution in [0.5, 0.6) is 0 Å². The number of nitrogens with one attached hydrogen (secondary N) is 1. The van der Waals surface area contributed by atoms with Crippen molar-refractivity contribution in [2.45, 2.75) is 26.8 Å². The predicted molar refractivity (Wildman–Crippen MR) is 118 cm³/mol. The smallest absolute Gasteiger partial charge is 0.224 e. The minimum Gasteiger partial charge on any atom is -0.352 e. The molecule has 2 aromatic heterocycles. The Morgan fingerprint density at radius 1 is 0.967 bits per heavy atom. The molecule has 0 saturated carbocycles. The predicted octanol–water partition coefficient (Wildman–Crippen LogP) is 4.41. The van der Waals surface area contributed by atoms with Crippen LogP contribution in [0.3, 0.4) is 0 Å². The van der Waals surface area contributed by atoms with Gasteiger partial charge in [-0.15, -0.1) is 0 Å². The van der Waals surface area contributed by atoms with Crippen LogP contribution in [0.25, 0.3) is 16.9 Å². The summed E-state index contributed by atoms with van der Waals surface area (Å²) in [5.41, 5.74) is 7.09. The van der Waals surface area contributed by atoms with Crippen LogP contribution in [-0.4, -0.2) is 20.7 Å². The van der Waals surface area contributed by atoms with Crippen LogP contribution in [-0.2, 0) is 17.8 Å². The number of benzene rings is 2. The second-order valence-corrected chi connectivity index (χ2v) is 7.40. The summed E-state index contributed by atoms with van der Waals surface area (Å²) in [6.07, 6.45) is 5.84. The quantitative estimate of drug-likeness (QED) is 0.525. The summed E-state index contributed by atoms with van der Waals surface area (Å²) in [6, 6.07) is 20.0. The maximum absolute atomic E-state index is 12.6. The van der Waals surface area contributed by atoms with Gasteiger partial charge in [-0.1, -0.05) is 42.0 Å². The first-order valence-electron chi connectivity index (χ1n) is 9.97. The molecule has 30 heavy (non-hydrogen) atoms. The molecule has 1 amide bonds. The molecule has 5 heteroatoms. The average Bonchev–Trinajstić information content (AvgIpc) is 3.20. The van der Waals surface area contributed by atoms with Crippen LogP contribution < -0.4 is 5.32 Å². The molecule has 4 rings (SSSR count). The molecule has 2 heterocycles. The molecule has 5 nitrogen and oxygen atoms in total. The molecule has 150 valence electrons. The molecule has 0 radical (unpaired) electrons. The van der Waals surface area contributed by atoms with Gasteiger partial charge >= 0.3 is 0 Å². The van der Waals surface area contributed by atoms with Crippen molar-refractivity contribution in [3.05, 3.63) is 102 Å². The lowest BCUT2D eigenvalue weighted by atomic mass is 10.0. The van der Waals surface area contributed by atoms with Crippen molar-refractivity contribution < 1.29 is 4.79 Å². The monoisotopic (exact) mass is 396 g/mol. The van der Waals surface area contributed by atoms with E-state index in [2.05, 4.69) is 28.5 Å². The lowest BCUT2D eigenvalue weighted by Gasteiger charge is -2.08. The van der Waals surface area contributed by atoms with Gasteiger partial charge in [0.05, 0.1) is 17.8 Å². The van der Waals surface area contributed by atoms with E-state index in [-0.39, 0.29) is 5.91 Å². The first-order chi connectivity index (χ1) is 14.6. The van der Waals surface area contributed by atoms with Crippen molar-refractivity contribution >= 4 is 5.91 Å². The molecule has 0 aliphatic rings. The number of hydrogen-bond donors (Lipinski definition) is 1. The summed E-state index contributed by atoms with van der Waals surface area (Å²) in [5, 5.41) is 7.84. The molecule has 0 aliphatic heterocycles. The Balaban J connectivity index is 1.56. The van der Waals surface area contributed by atoms with Gasteiger partial charge in [-0.3, -0.25) is 9.78 Å². The van der Waals surface area contributed by atoms with E-state index in [1.165, 1.54) is 0 Å². The van der Waals surface area contributed by atoms with Gasteiger partial charge in [0.25, 0.3) is 0 Å². The fraction of sp³-hybridized carbons (Fsp3) is 0.160. The van der Waals surface area contributed by atoms with E-state index in [0.717, 1.165) is 39.2 Å². The average molecular weight is 396 g/mol. The number of carbonyl (C=O) groups is 1. The zero-order valence-electron chi connectivity index (χ0n) is 17.2. The van der Waals surface area contributed by atoms with Crippen molar-refractivity contribution in [2.24, 2.45) is 0 Å². The Hall–Kier alpha value is -3.73. The molecule has 2 aromatic carbocycles. The van der Waals surface area contributed by atoms with E-state index in [1.807, 2.05) is 67.2 Å². The van der Waals surface area contributed by atoms with Gasteiger partial charge in [0.15, 0.2) is 0 Å². The second-order valence-electron chi connectivity index (χ2n) is 7.40. The topological polar surface area (TPSA) is 59.8 Å². The van der Waals surface area contributed by atoms with Crippen molar-refractivity contribution in [1.82, 2.24) is 20.1 Å². The largest absolute Gasteiger partial charge is 0.352 e. The minimum atomic E-state index is -0.00293. The standard InChI is InChI=1S/C25H24N4O/c1-18-8-9-19(2)21(14-18)15-24(30)27-16-22-17-29(23-6-4-3-5-7-23)28-25(22)20-10-12-26-13-11-20/h3-14,17H,15-16H2,1-2H3,(H,27,30). The van der Waals surface area contributed by atoms with Crippen LogP contribution in [0, 0.1) is 13.8 Å². The third-order valence-corrected chi connectivity index (χ3v) is 5.10. The van der Waals surface area contributed by atoms with Gasteiger partial charge in [-0.05, 0) is 49.2 Å². The minimum absolute atomic E-state index is 0.00293. The summed E-state index contributed by atoms with van der Waals surface area (Å²) < 4.78 is 1.85. The van der Waals surface area contributed by atoms with Crippen LogP contribution in [0.4, 0.5) is 0 Å². The Labute approximate surface area is 176 Å². The van der Waals surface area contributed by atoms with E-state index in [1.54, 1.807) is 12.4 Å². The molecule has 0 atom stereocenters. The molecule has 4 aromatic rings. The lowest BCUT2D eigenvalue weighted by Crippen LogP contribution is -2.25. The number of nitrogens with zero attached hydrogens (tertiary/aromatic N) is 3. The highest BCUT2D eigenvalue weighted by atomic mass is 16.1. The highest BCUT2D eigenvalue weighted by molar-refractivity contribution is 5.79. The SMILES string of the molecule is Cc1ccc(C)c(CC(=O)NCc2cn(-c3ccccc3)nc2-c2ccncc2)c1. The van der Waals surface area contributed by atoms with E-state index < -0.39 is 0 Å². The number of hydrogen-bond acceptors (Lipinski definition) is 3. The molecule has 0 fully saturated rings. The number of pyridine rings is 1. The van der Waals surface area contributed by atoms with Crippen molar-refractivity contribution in [3.8, 4) is 16.9 Å². The third kappa shape index (κ3) is 4.46. The van der Waals surface area contributed by atoms with Crippen molar-refractivity contribution in [2.75, 3.05) is 0 Å². The zero-order chi connectivity index (χ0) is 20.9. The van der Waals surface area contributed by atoms with Crippen LogP contribution in [0.15, 0.2) is 79.3 Å². The van der Waals surface area contributed by atoms with Crippen LogP contribution in [0.1, 0.15) is 22.3 Å². The normalized spacial score (nSPS) is 10.7. The van der Waals surface area contributed by atoms with Gasteiger partial charge in [0.2, 0.25) is 5.91 Å². The highest BCUT2D eigenvalue weighted by Gasteiger charge is 2.14. The number of para-hydroxylation sites is 1. The molecule has 0 spiro atoms. The summed E-state index contributed by atoms with van der Waals surface area (Å²) in [4.78, 5) is 16.7. The molecule has 0 aliphatic carbocycles. The third-order valence-electron chi connectivity index (χ3n) is 5.10. The zero-order valence-corrected chi connectivity index (χ0v) is 17.2. The molecular weight excluding hydrogens is 372 g/mol. The fourth-order valence-electron chi connectivity index (χ4n) is 3.42. The van der Waals surface area contributed by atoms with Crippen LogP contribution in [0.2, 0.25) is 0 Å². The molecule has 0 saturated heterocycles. The maximum atomic E-state index is 12.6. The van der Waals surface area contributed by atoms with Gasteiger partial charge in [-0.25, -0.2) is 4.68 Å². The molecular formula is C25H24N4O. The van der Waals surface area contributed by atoms with E-state index in [4.69, 9.17) is 5.10 Å². The van der Waals surface area contributed by atoms with E-state index >= 15 is 0 Å². The number of rotatable bonds is 6. The van der Waals surface area contributed by atoms with E-state index in [0.29, 0.717) is 13.0 Å². The Morgan fingerprint density at radius 2 is 1.73 bits per heavy atom. The molecule has 0 unspecified atom stereocenters. The maximum Gasteiger partial charge on any atom is 0.224 e. The summed E-state index contributed by atoms with van der Waals surface area (Å²) in [5.74, 6) is -0.00293. The van der Waals surface area contributed by atoms with Gasteiger partial charge < -0.3 is 5.32 Å². The van der Waals surface area contributed by atoms with Gasteiger partial charge in [0, 0.05) is 36.3 Å². The summed E-state index contributed by atoms with van der Waals surface area (Å²) in [7, 11) is 0. The van der Waals surface area contributed by atoms with Crippen LogP contribution >= 0.6 is 0 Å². The van der Waals surface area contributed by atoms with Gasteiger partial charge in [0.1, 0.15) is 0 Å². The summed E-state index contributed by atoms with van der Waals surface area (Å²) >= 11 is 0. The lowest BCUT2D eigenvalue weighted by molar-refractivity contribution is -0.120. The summed E-state index contributed by atoms with van der Waals surface area (Å²) in [6.45, 7) is 4.49. The van der Waals surface area contributed by atoms with Gasteiger partial charge in [-0.2, -0.15) is 5.10 Å². The Kier molecular flexibility index (Phi) is 5.70. The Morgan fingerprint density at radius 3 is 2.50 bits per heavy atom. The first kappa shape index (κ1) is 19.6. The second kappa shape index (κ2) is 8.74. The van der Waals surface area contributed by atoms with Crippen molar-refractivity contribution in [1.29, 1.82) is 0 Å². The first-order valence-corrected chi connectivity index (χ1v) is 9.97. The number of carbonyl (C=O) groups excluding carboxylic acids is 1. The Bertz CT molecular complexity index is 1150. The number of amides is 1. The molecule has 0 bridgehead atoms. The number of aryl methyl sites for hydroxylation is 2. The fourth-order valence-corrected chi connectivity index (χ4v) is 3.42. The van der Waals surface area contributed by atoms with Crippen molar-refractivity contribution in [3.63, 3.8) is 0 Å².